The second-order valence-electron chi connectivity index (χ2n) is 6.97. The monoisotopic (exact) mass is 451 g/mol. The van der Waals surface area contributed by atoms with E-state index in [0.717, 1.165) is 35.1 Å². The molecule has 2 aromatic carbocycles. The molecule has 31 heavy (non-hydrogen) atoms. The Morgan fingerprint density at radius 3 is 2.45 bits per heavy atom. The summed E-state index contributed by atoms with van der Waals surface area (Å²) in [6.45, 7) is 1.36. The number of hydrogen-bond donors (Lipinski definition) is 0. The topological polar surface area (TPSA) is 48.1 Å². The SMILES string of the molecule is COc1ccccc1-c1nn(CCN(C)c2ccncc2)c(=S)n1-c1ccc(Cl)cc1. The van der Waals surface area contributed by atoms with Crippen molar-refractivity contribution in [1.82, 2.24) is 19.3 Å². The van der Waals surface area contributed by atoms with Crippen molar-refractivity contribution in [3.8, 4) is 22.8 Å². The van der Waals surface area contributed by atoms with Gasteiger partial charge in [-0.2, -0.15) is 5.10 Å². The minimum absolute atomic E-state index is 0.603. The molecule has 0 unspecified atom stereocenters. The van der Waals surface area contributed by atoms with Crippen LogP contribution in [0.5, 0.6) is 5.75 Å². The molecule has 0 radical (unpaired) electrons. The maximum Gasteiger partial charge on any atom is 0.202 e. The second-order valence-corrected chi connectivity index (χ2v) is 7.77. The molecule has 4 rings (SSSR count). The van der Waals surface area contributed by atoms with Gasteiger partial charge in [0.05, 0.1) is 24.9 Å². The molecule has 8 heteroatoms. The van der Waals surface area contributed by atoms with Gasteiger partial charge in [0.1, 0.15) is 5.75 Å². The van der Waals surface area contributed by atoms with E-state index in [1.165, 1.54) is 0 Å². The van der Waals surface area contributed by atoms with E-state index in [1.807, 2.05) is 77.0 Å². The Labute approximate surface area is 191 Å². The van der Waals surface area contributed by atoms with Gasteiger partial charge in [-0.3, -0.25) is 9.55 Å². The fraction of sp³-hybridized carbons (Fsp3) is 0.174. The first kappa shape index (κ1) is 21.1. The summed E-state index contributed by atoms with van der Waals surface area (Å²) in [5, 5.41) is 5.54. The van der Waals surface area contributed by atoms with Gasteiger partial charge >= 0.3 is 0 Å². The van der Waals surface area contributed by atoms with Crippen LogP contribution in [0.1, 0.15) is 0 Å². The van der Waals surface area contributed by atoms with Crippen molar-refractivity contribution in [2.45, 2.75) is 6.54 Å². The summed E-state index contributed by atoms with van der Waals surface area (Å²) in [7, 11) is 3.69. The lowest BCUT2D eigenvalue weighted by Crippen LogP contribution is -2.23. The Kier molecular flexibility index (Phi) is 6.34. The van der Waals surface area contributed by atoms with Crippen molar-refractivity contribution in [2.75, 3.05) is 25.6 Å². The van der Waals surface area contributed by atoms with Gasteiger partial charge in [-0.1, -0.05) is 23.7 Å². The molecule has 0 aliphatic heterocycles. The number of methoxy groups -OCH3 is 1. The summed E-state index contributed by atoms with van der Waals surface area (Å²) >= 11 is 11.9. The first-order valence-corrected chi connectivity index (χ1v) is 10.6. The predicted octanol–water partition coefficient (Wildman–Crippen LogP) is 5.26. The van der Waals surface area contributed by atoms with Crippen molar-refractivity contribution in [2.24, 2.45) is 0 Å². The number of ether oxygens (including phenoxy) is 1. The molecule has 6 nitrogen and oxygen atoms in total. The van der Waals surface area contributed by atoms with Crippen LogP contribution >= 0.6 is 23.8 Å². The summed E-state index contributed by atoms with van der Waals surface area (Å²) in [6, 6.07) is 19.3. The van der Waals surface area contributed by atoms with Crippen molar-refractivity contribution < 1.29 is 4.74 Å². The van der Waals surface area contributed by atoms with Crippen LogP contribution in [-0.4, -0.2) is 40.0 Å². The van der Waals surface area contributed by atoms with Gasteiger partial charge in [0.25, 0.3) is 0 Å². The number of halogens is 1. The summed E-state index contributed by atoms with van der Waals surface area (Å²) < 4.78 is 9.99. The molecule has 0 N–H and O–H groups in total. The molecule has 0 fully saturated rings. The van der Waals surface area contributed by atoms with E-state index >= 15 is 0 Å². The molecule has 0 saturated carbocycles. The normalized spacial score (nSPS) is 10.8. The molecule has 2 heterocycles. The van der Waals surface area contributed by atoms with Crippen molar-refractivity contribution >= 4 is 29.5 Å². The van der Waals surface area contributed by atoms with E-state index in [0.29, 0.717) is 16.3 Å². The molecule has 0 aliphatic rings. The first-order valence-electron chi connectivity index (χ1n) is 9.79. The van der Waals surface area contributed by atoms with E-state index in [9.17, 15) is 0 Å². The van der Waals surface area contributed by atoms with E-state index in [4.69, 9.17) is 33.7 Å². The highest BCUT2D eigenvalue weighted by atomic mass is 35.5. The highest BCUT2D eigenvalue weighted by molar-refractivity contribution is 7.71. The summed E-state index contributed by atoms with van der Waals surface area (Å²) in [6.07, 6.45) is 3.57. The number of anilines is 1. The maximum atomic E-state index is 6.11. The lowest BCUT2D eigenvalue weighted by atomic mass is 10.2. The number of para-hydroxylation sites is 1. The minimum Gasteiger partial charge on any atom is -0.496 e. The van der Waals surface area contributed by atoms with Gasteiger partial charge in [0.2, 0.25) is 4.77 Å². The first-order chi connectivity index (χ1) is 15.1. The third-order valence-electron chi connectivity index (χ3n) is 5.02. The van der Waals surface area contributed by atoms with E-state index in [2.05, 4.69) is 9.88 Å². The average molecular weight is 452 g/mol. The van der Waals surface area contributed by atoms with Gasteiger partial charge in [-0.15, -0.1) is 0 Å². The standard InChI is InChI=1S/C23H22ClN5OS/c1-27(18-11-13-25-14-12-18)15-16-28-23(31)29(19-9-7-17(24)8-10-19)22(26-28)20-5-3-4-6-21(20)30-2/h3-14H,15-16H2,1-2H3. The zero-order chi connectivity index (χ0) is 21.8. The van der Waals surface area contributed by atoms with E-state index in [1.54, 1.807) is 19.5 Å². The fourth-order valence-electron chi connectivity index (χ4n) is 3.35. The van der Waals surface area contributed by atoms with Crippen molar-refractivity contribution in [3.63, 3.8) is 0 Å². The lowest BCUT2D eigenvalue weighted by molar-refractivity contribution is 0.416. The number of aromatic nitrogens is 4. The van der Waals surface area contributed by atoms with E-state index < -0.39 is 0 Å². The molecule has 0 spiro atoms. The average Bonchev–Trinajstić information content (AvgIpc) is 3.14. The van der Waals surface area contributed by atoms with Crippen LogP contribution in [0.3, 0.4) is 0 Å². The van der Waals surface area contributed by atoms with Gasteiger partial charge < -0.3 is 9.64 Å². The van der Waals surface area contributed by atoms with Crippen LogP contribution in [0.15, 0.2) is 73.1 Å². The van der Waals surface area contributed by atoms with Gasteiger partial charge in [-0.05, 0) is 60.7 Å². The molecule has 0 amide bonds. The van der Waals surface area contributed by atoms with Crippen molar-refractivity contribution in [3.05, 3.63) is 82.9 Å². The van der Waals surface area contributed by atoms with Crippen LogP contribution in [0, 0.1) is 4.77 Å². The van der Waals surface area contributed by atoms with Crippen molar-refractivity contribution in [1.29, 1.82) is 0 Å². The molecule has 4 aromatic rings. The Hall–Kier alpha value is -3.16. The molecule has 158 valence electrons. The number of benzene rings is 2. The fourth-order valence-corrected chi connectivity index (χ4v) is 3.80. The van der Waals surface area contributed by atoms with Crippen LogP contribution in [-0.2, 0) is 6.54 Å². The summed E-state index contributed by atoms with van der Waals surface area (Å²) in [5.74, 6) is 1.45. The number of pyridine rings is 1. The zero-order valence-corrected chi connectivity index (χ0v) is 18.8. The molecular formula is C23H22ClN5OS. The third kappa shape index (κ3) is 4.47. The van der Waals surface area contributed by atoms with Crippen LogP contribution in [0.4, 0.5) is 5.69 Å². The molecule has 0 bridgehead atoms. The highest BCUT2D eigenvalue weighted by Gasteiger charge is 2.18. The maximum absolute atomic E-state index is 6.11. The summed E-state index contributed by atoms with van der Waals surface area (Å²) in [4.78, 5) is 6.23. The highest BCUT2D eigenvalue weighted by Crippen LogP contribution is 2.31. The Bertz CT molecular complexity index is 1220. The quantitative estimate of drug-likeness (QED) is 0.358. The largest absolute Gasteiger partial charge is 0.496 e. The molecule has 0 atom stereocenters. The van der Waals surface area contributed by atoms with Gasteiger partial charge in [0, 0.05) is 36.7 Å². The molecular weight excluding hydrogens is 430 g/mol. The Morgan fingerprint density at radius 2 is 1.74 bits per heavy atom. The van der Waals surface area contributed by atoms with Gasteiger partial charge in [0.15, 0.2) is 5.82 Å². The number of likely N-dealkylation sites (N-methyl/N-ethyl adjacent to an activating group) is 1. The third-order valence-corrected chi connectivity index (χ3v) is 5.67. The Balaban J connectivity index is 1.75. The number of nitrogens with zero attached hydrogens (tertiary/aromatic N) is 5. The summed E-state index contributed by atoms with van der Waals surface area (Å²) in [5.41, 5.74) is 2.85. The molecule has 0 aliphatic carbocycles. The molecule has 0 saturated heterocycles. The smallest absolute Gasteiger partial charge is 0.202 e. The van der Waals surface area contributed by atoms with Crippen LogP contribution in [0.2, 0.25) is 5.02 Å². The van der Waals surface area contributed by atoms with E-state index in [-0.39, 0.29) is 0 Å². The van der Waals surface area contributed by atoms with Gasteiger partial charge in [-0.25, -0.2) is 4.68 Å². The number of hydrogen-bond acceptors (Lipinski definition) is 5. The Morgan fingerprint density at radius 1 is 1.03 bits per heavy atom. The predicted molar refractivity (Wildman–Crippen MR) is 127 cm³/mol. The molecule has 2 aromatic heterocycles. The lowest BCUT2D eigenvalue weighted by Gasteiger charge is -2.18. The second kappa shape index (κ2) is 9.32. The van der Waals surface area contributed by atoms with Crippen LogP contribution in [0.25, 0.3) is 17.1 Å². The zero-order valence-electron chi connectivity index (χ0n) is 17.3. The minimum atomic E-state index is 0.603. The number of rotatable bonds is 7. The van der Waals surface area contributed by atoms with Crippen LogP contribution < -0.4 is 9.64 Å².